The van der Waals surface area contributed by atoms with Gasteiger partial charge in [0.05, 0.1) is 12.7 Å². The standard InChI is InChI=1S/C18H18N2O2/c1-19(13-14-6-4-3-5-7-14)17-9-8-16-12-15(18(21)22-2)10-11-20(16)17/h3-12H,13H2,1-2H3. The van der Waals surface area contributed by atoms with Gasteiger partial charge in [-0.25, -0.2) is 4.79 Å². The molecular weight excluding hydrogens is 276 g/mol. The Balaban J connectivity index is 1.89. The van der Waals surface area contributed by atoms with Gasteiger partial charge < -0.3 is 14.0 Å². The average molecular weight is 294 g/mol. The molecule has 2 heterocycles. The maximum atomic E-state index is 11.6. The van der Waals surface area contributed by atoms with E-state index in [0.717, 1.165) is 17.9 Å². The van der Waals surface area contributed by atoms with Crippen molar-refractivity contribution < 1.29 is 9.53 Å². The van der Waals surface area contributed by atoms with Gasteiger partial charge in [-0.15, -0.1) is 0 Å². The highest BCUT2D eigenvalue weighted by Crippen LogP contribution is 2.21. The number of methoxy groups -OCH3 is 1. The van der Waals surface area contributed by atoms with E-state index in [9.17, 15) is 4.79 Å². The number of ether oxygens (including phenoxy) is 1. The van der Waals surface area contributed by atoms with Crippen molar-refractivity contribution in [3.8, 4) is 0 Å². The zero-order valence-corrected chi connectivity index (χ0v) is 12.7. The van der Waals surface area contributed by atoms with Gasteiger partial charge in [-0.05, 0) is 29.8 Å². The maximum absolute atomic E-state index is 11.6. The van der Waals surface area contributed by atoms with E-state index in [1.807, 2.05) is 36.5 Å². The van der Waals surface area contributed by atoms with Crippen LogP contribution >= 0.6 is 0 Å². The minimum atomic E-state index is -0.317. The molecule has 0 aliphatic rings. The monoisotopic (exact) mass is 294 g/mol. The zero-order chi connectivity index (χ0) is 15.5. The van der Waals surface area contributed by atoms with Gasteiger partial charge in [0.25, 0.3) is 0 Å². The maximum Gasteiger partial charge on any atom is 0.337 e. The van der Waals surface area contributed by atoms with Crippen molar-refractivity contribution in [1.29, 1.82) is 0 Å². The lowest BCUT2D eigenvalue weighted by Crippen LogP contribution is -2.18. The number of nitrogens with zero attached hydrogens (tertiary/aromatic N) is 2. The van der Waals surface area contributed by atoms with E-state index in [1.54, 1.807) is 6.07 Å². The number of fused-ring (bicyclic) bond motifs is 1. The van der Waals surface area contributed by atoms with Crippen LogP contribution in [-0.2, 0) is 11.3 Å². The molecule has 0 bridgehead atoms. The number of hydrogen-bond donors (Lipinski definition) is 0. The van der Waals surface area contributed by atoms with E-state index < -0.39 is 0 Å². The first kappa shape index (κ1) is 14.2. The van der Waals surface area contributed by atoms with E-state index in [-0.39, 0.29) is 5.97 Å². The normalized spacial score (nSPS) is 10.6. The molecule has 0 N–H and O–H groups in total. The Morgan fingerprint density at radius 3 is 2.64 bits per heavy atom. The van der Waals surface area contributed by atoms with Gasteiger partial charge >= 0.3 is 5.97 Å². The third kappa shape index (κ3) is 2.68. The minimum Gasteiger partial charge on any atom is -0.465 e. The summed E-state index contributed by atoms with van der Waals surface area (Å²) in [6, 6.07) is 18.0. The number of anilines is 1. The quantitative estimate of drug-likeness (QED) is 0.692. The highest BCUT2D eigenvalue weighted by molar-refractivity contribution is 5.90. The van der Waals surface area contributed by atoms with Crippen LogP contribution in [0, 0.1) is 0 Å². The van der Waals surface area contributed by atoms with Crippen molar-refractivity contribution in [3.05, 3.63) is 71.9 Å². The average Bonchev–Trinajstić information content (AvgIpc) is 2.98. The molecule has 0 saturated carbocycles. The van der Waals surface area contributed by atoms with Crippen LogP contribution in [0.4, 0.5) is 5.82 Å². The summed E-state index contributed by atoms with van der Waals surface area (Å²) in [4.78, 5) is 13.8. The van der Waals surface area contributed by atoms with E-state index >= 15 is 0 Å². The fourth-order valence-corrected chi connectivity index (χ4v) is 2.59. The minimum absolute atomic E-state index is 0.317. The molecule has 0 radical (unpaired) electrons. The number of pyridine rings is 1. The van der Waals surface area contributed by atoms with Crippen LogP contribution in [0.2, 0.25) is 0 Å². The summed E-state index contributed by atoms with van der Waals surface area (Å²) < 4.78 is 6.82. The van der Waals surface area contributed by atoms with E-state index in [2.05, 4.69) is 34.5 Å². The smallest absolute Gasteiger partial charge is 0.337 e. The highest BCUT2D eigenvalue weighted by Gasteiger charge is 2.10. The Morgan fingerprint density at radius 1 is 1.14 bits per heavy atom. The van der Waals surface area contributed by atoms with Crippen LogP contribution in [0.15, 0.2) is 60.8 Å². The molecule has 4 nitrogen and oxygen atoms in total. The molecule has 0 aliphatic carbocycles. The first-order valence-electron chi connectivity index (χ1n) is 7.13. The van der Waals surface area contributed by atoms with Gasteiger partial charge in [0, 0.05) is 25.3 Å². The Bertz CT molecular complexity index is 793. The van der Waals surface area contributed by atoms with E-state index in [1.165, 1.54) is 12.7 Å². The zero-order valence-electron chi connectivity index (χ0n) is 12.7. The second-order valence-electron chi connectivity index (χ2n) is 5.24. The predicted octanol–water partition coefficient (Wildman–Crippen LogP) is 3.36. The lowest BCUT2D eigenvalue weighted by molar-refractivity contribution is 0.0600. The van der Waals surface area contributed by atoms with Crippen LogP contribution in [-0.4, -0.2) is 24.5 Å². The second kappa shape index (κ2) is 5.93. The molecule has 2 aromatic heterocycles. The van der Waals surface area contributed by atoms with Crippen LogP contribution in [0.25, 0.3) is 5.52 Å². The molecule has 3 aromatic rings. The molecular formula is C18H18N2O2. The summed E-state index contributed by atoms with van der Waals surface area (Å²) in [6.45, 7) is 0.825. The summed E-state index contributed by atoms with van der Waals surface area (Å²) in [5.74, 6) is 0.762. The number of aromatic nitrogens is 1. The number of carbonyl (C=O) groups excluding carboxylic acids is 1. The summed E-state index contributed by atoms with van der Waals surface area (Å²) in [7, 11) is 3.45. The summed E-state index contributed by atoms with van der Waals surface area (Å²) >= 11 is 0. The third-order valence-corrected chi connectivity index (χ3v) is 3.71. The topological polar surface area (TPSA) is 34.0 Å². The summed E-state index contributed by atoms with van der Waals surface area (Å²) in [5.41, 5.74) is 2.79. The van der Waals surface area contributed by atoms with Crippen molar-refractivity contribution in [2.75, 3.05) is 19.1 Å². The Hall–Kier alpha value is -2.75. The molecule has 0 amide bonds. The molecule has 1 aromatic carbocycles. The fourth-order valence-electron chi connectivity index (χ4n) is 2.59. The number of esters is 1. The number of rotatable bonds is 4. The Morgan fingerprint density at radius 2 is 1.91 bits per heavy atom. The summed E-state index contributed by atoms with van der Waals surface area (Å²) in [5, 5.41) is 0. The van der Waals surface area contributed by atoms with Gasteiger partial charge in [-0.2, -0.15) is 0 Å². The number of carbonyl (C=O) groups is 1. The van der Waals surface area contributed by atoms with Crippen LogP contribution in [0.5, 0.6) is 0 Å². The molecule has 0 unspecified atom stereocenters. The molecule has 3 rings (SSSR count). The molecule has 4 heteroatoms. The van der Waals surface area contributed by atoms with Crippen molar-refractivity contribution in [2.45, 2.75) is 6.54 Å². The lowest BCUT2D eigenvalue weighted by atomic mass is 10.2. The molecule has 112 valence electrons. The van der Waals surface area contributed by atoms with Gasteiger partial charge in [0.1, 0.15) is 5.82 Å². The second-order valence-corrected chi connectivity index (χ2v) is 5.24. The molecule has 0 saturated heterocycles. The first-order valence-corrected chi connectivity index (χ1v) is 7.13. The Kier molecular flexibility index (Phi) is 3.83. The van der Waals surface area contributed by atoms with Gasteiger partial charge in [0.2, 0.25) is 0 Å². The van der Waals surface area contributed by atoms with Crippen LogP contribution in [0.1, 0.15) is 15.9 Å². The van der Waals surface area contributed by atoms with Crippen LogP contribution < -0.4 is 4.90 Å². The number of hydrogen-bond acceptors (Lipinski definition) is 3. The Labute approximate surface area is 129 Å². The number of benzene rings is 1. The van der Waals surface area contributed by atoms with E-state index in [4.69, 9.17) is 4.74 Å². The van der Waals surface area contributed by atoms with Crippen LogP contribution in [0.3, 0.4) is 0 Å². The van der Waals surface area contributed by atoms with Crippen molar-refractivity contribution in [1.82, 2.24) is 4.40 Å². The van der Waals surface area contributed by atoms with Gasteiger partial charge in [0.15, 0.2) is 0 Å². The van der Waals surface area contributed by atoms with Crippen molar-refractivity contribution in [2.24, 2.45) is 0 Å². The third-order valence-electron chi connectivity index (χ3n) is 3.71. The SMILES string of the molecule is COC(=O)c1ccn2c(N(C)Cc3ccccc3)ccc2c1. The molecule has 0 aliphatic heterocycles. The largest absolute Gasteiger partial charge is 0.465 e. The molecule has 22 heavy (non-hydrogen) atoms. The fraction of sp³-hybridized carbons (Fsp3) is 0.167. The lowest BCUT2D eigenvalue weighted by Gasteiger charge is -2.19. The van der Waals surface area contributed by atoms with Gasteiger partial charge in [-0.3, -0.25) is 0 Å². The van der Waals surface area contributed by atoms with Gasteiger partial charge in [-0.1, -0.05) is 30.3 Å². The predicted molar refractivity (Wildman–Crippen MR) is 87.3 cm³/mol. The summed E-state index contributed by atoms with van der Waals surface area (Å²) in [6.07, 6.45) is 1.90. The highest BCUT2D eigenvalue weighted by atomic mass is 16.5. The molecule has 0 atom stereocenters. The molecule has 0 fully saturated rings. The first-order chi connectivity index (χ1) is 10.7. The van der Waals surface area contributed by atoms with Crippen molar-refractivity contribution in [3.63, 3.8) is 0 Å². The van der Waals surface area contributed by atoms with E-state index in [0.29, 0.717) is 5.56 Å². The molecule has 0 spiro atoms. The van der Waals surface area contributed by atoms with Crippen molar-refractivity contribution >= 4 is 17.3 Å².